The fraction of sp³-hybridized carbons (Fsp3) is 0.571. The molecule has 0 atom stereocenters. The third-order valence-corrected chi connectivity index (χ3v) is 4.56. The van der Waals surface area contributed by atoms with Gasteiger partial charge in [0.15, 0.2) is 0 Å². The second-order valence-corrected chi connectivity index (χ2v) is 7.03. The SMILES string of the molecule is CCNCc1ccc(S(=O)(=O)NCCOC(C)C)cc1Cl. The second kappa shape index (κ2) is 8.70. The van der Waals surface area contributed by atoms with Gasteiger partial charge in [0.25, 0.3) is 0 Å². The van der Waals surface area contributed by atoms with Crippen molar-refractivity contribution >= 4 is 21.6 Å². The first kappa shape index (κ1) is 18.4. The van der Waals surface area contributed by atoms with E-state index in [0.717, 1.165) is 12.1 Å². The minimum Gasteiger partial charge on any atom is -0.377 e. The standard InChI is InChI=1S/C14H23ClN2O3S/c1-4-16-10-12-5-6-13(9-14(12)15)21(18,19)17-7-8-20-11(2)3/h5-6,9,11,16-17H,4,7-8,10H2,1-3H3. The molecule has 2 N–H and O–H groups in total. The van der Waals surface area contributed by atoms with Crippen LogP contribution < -0.4 is 10.0 Å². The van der Waals surface area contributed by atoms with E-state index in [1.807, 2.05) is 20.8 Å². The molecule has 5 nitrogen and oxygen atoms in total. The molecule has 1 aromatic carbocycles. The van der Waals surface area contributed by atoms with Crippen LogP contribution in [0, 0.1) is 0 Å². The number of sulfonamides is 1. The maximum atomic E-state index is 12.1. The Morgan fingerprint density at radius 1 is 1.33 bits per heavy atom. The fourth-order valence-corrected chi connectivity index (χ4v) is 3.00. The van der Waals surface area contributed by atoms with Crippen LogP contribution in [0.3, 0.4) is 0 Å². The minimum atomic E-state index is -3.55. The van der Waals surface area contributed by atoms with Crippen molar-refractivity contribution in [2.45, 2.75) is 38.3 Å². The number of benzene rings is 1. The Morgan fingerprint density at radius 2 is 2.05 bits per heavy atom. The zero-order valence-electron chi connectivity index (χ0n) is 12.6. The largest absolute Gasteiger partial charge is 0.377 e. The van der Waals surface area contributed by atoms with Crippen molar-refractivity contribution in [3.8, 4) is 0 Å². The summed E-state index contributed by atoms with van der Waals surface area (Å²) in [5, 5.41) is 3.59. The first-order valence-corrected chi connectivity index (χ1v) is 8.83. The summed E-state index contributed by atoms with van der Waals surface area (Å²) in [6.07, 6.45) is 0.0781. The predicted molar refractivity (Wildman–Crippen MR) is 85.1 cm³/mol. The van der Waals surface area contributed by atoms with Gasteiger partial charge < -0.3 is 10.1 Å². The van der Waals surface area contributed by atoms with Crippen molar-refractivity contribution in [2.24, 2.45) is 0 Å². The molecule has 120 valence electrons. The van der Waals surface area contributed by atoms with Gasteiger partial charge in [-0.2, -0.15) is 0 Å². The van der Waals surface area contributed by atoms with Crippen LogP contribution >= 0.6 is 11.6 Å². The summed E-state index contributed by atoms with van der Waals surface area (Å²) in [6, 6.07) is 4.76. The van der Waals surface area contributed by atoms with E-state index in [9.17, 15) is 8.42 Å². The van der Waals surface area contributed by atoms with Crippen molar-refractivity contribution in [3.05, 3.63) is 28.8 Å². The molecule has 0 aliphatic heterocycles. The Bertz CT molecular complexity index is 547. The summed E-state index contributed by atoms with van der Waals surface area (Å²) in [5.41, 5.74) is 0.876. The molecule has 0 saturated carbocycles. The van der Waals surface area contributed by atoms with Gasteiger partial charge in [-0.25, -0.2) is 13.1 Å². The topological polar surface area (TPSA) is 67.4 Å². The highest BCUT2D eigenvalue weighted by Gasteiger charge is 2.15. The Kier molecular flexibility index (Phi) is 7.62. The van der Waals surface area contributed by atoms with E-state index < -0.39 is 10.0 Å². The van der Waals surface area contributed by atoms with Gasteiger partial charge in [-0.05, 0) is 38.1 Å². The van der Waals surface area contributed by atoms with Crippen LogP contribution in [0.2, 0.25) is 5.02 Å². The van der Waals surface area contributed by atoms with E-state index in [4.69, 9.17) is 16.3 Å². The molecule has 0 spiro atoms. The Labute approximate surface area is 132 Å². The summed E-state index contributed by atoms with van der Waals surface area (Å²) < 4.78 is 32.0. The molecule has 0 amide bonds. The van der Waals surface area contributed by atoms with Gasteiger partial charge in [0.2, 0.25) is 10.0 Å². The van der Waals surface area contributed by atoms with E-state index >= 15 is 0 Å². The molecule has 0 unspecified atom stereocenters. The van der Waals surface area contributed by atoms with Gasteiger partial charge in [0, 0.05) is 18.1 Å². The summed E-state index contributed by atoms with van der Waals surface area (Å²) in [5.74, 6) is 0. The second-order valence-electron chi connectivity index (χ2n) is 4.85. The van der Waals surface area contributed by atoms with Crippen LogP contribution in [0.4, 0.5) is 0 Å². The first-order chi connectivity index (χ1) is 9.86. The zero-order chi connectivity index (χ0) is 15.9. The Hall–Kier alpha value is -0.660. The number of rotatable bonds is 9. The van der Waals surface area contributed by atoms with Gasteiger partial charge in [-0.15, -0.1) is 0 Å². The molecule has 0 aromatic heterocycles. The lowest BCUT2D eigenvalue weighted by Gasteiger charge is -2.11. The summed E-state index contributed by atoms with van der Waals surface area (Å²) in [4.78, 5) is 0.164. The van der Waals surface area contributed by atoms with Crippen molar-refractivity contribution in [2.75, 3.05) is 19.7 Å². The highest BCUT2D eigenvalue weighted by molar-refractivity contribution is 7.89. The smallest absolute Gasteiger partial charge is 0.240 e. The lowest BCUT2D eigenvalue weighted by Crippen LogP contribution is -2.28. The van der Waals surface area contributed by atoms with Crippen LogP contribution in [0.15, 0.2) is 23.1 Å². The number of halogens is 1. The maximum Gasteiger partial charge on any atom is 0.240 e. The molecule has 7 heteroatoms. The molecule has 1 rings (SSSR count). The van der Waals surface area contributed by atoms with Gasteiger partial charge in [-0.1, -0.05) is 24.6 Å². The molecule has 1 aromatic rings. The summed E-state index contributed by atoms with van der Waals surface area (Å²) in [7, 11) is -3.55. The highest BCUT2D eigenvalue weighted by Crippen LogP contribution is 2.20. The molecule has 0 bridgehead atoms. The molecule has 0 saturated heterocycles. The van der Waals surface area contributed by atoms with Crippen molar-refractivity contribution in [1.29, 1.82) is 0 Å². The highest BCUT2D eigenvalue weighted by atomic mass is 35.5. The fourth-order valence-electron chi connectivity index (χ4n) is 1.65. The molecule has 0 heterocycles. The van der Waals surface area contributed by atoms with Crippen LogP contribution in [0.5, 0.6) is 0 Å². The summed E-state index contributed by atoms with van der Waals surface area (Å²) >= 11 is 6.12. The predicted octanol–water partition coefficient (Wildman–Crippen LogP) is 2.15. The first-order valence-electron chi connectivity index (χ1n) is 6.97. The average Bonchev–Trinajstić information content (AvgIpc) is 2.42. The molecule has 21 heavy (non-hydrogen) atoms. The number of hydrogen-bond donors (Lipinski definition) is 2. The maximum absolute atomic E-state index is 12.1. The Balaban J connectivity index is 2.68. The van der Waals surface area contributed by atoms with E-state index in [0.29, 0.717) is 18.2 Å². The number of ether oxygens (including phenoxy) is 1. The molecule has 0 fully saturated rings. The van der Waals surface area contributed by atoms with Crippen LogP contribution in [-0.2, 0) is 21.3 Å². The van der Waals surface area contributed by atoms with Gasteiger partial charge in [-0.3, -0.25) is 0 Å². The quantitative estimate of drug-likeness (QED) is 0.679. The minimum absolute atomic E-state index is 0.0781. The zero-order valence-corrected chi connectivity index (χ0v) is 14.2. The normalized spacial score (nSPS) is 12.0. The molecular formula is C14H23ClN2O3S. The van der Waals surface area contributed by atoms with Crippen molar-refractivity contribution in [3.63, 3.8) is 0 Å². The third-order valence-electron chi connectivity index (χ3n) is 2.75. The van der Waals surface area contributed by atoms with Crippen LogP contribution in [0.25, 0.3) is 0 Å². The van der Waals surface area contributed by atoms with Gasteiger partial charge in [0.05, 0.1) is 17.6 Å². The number of hydrogen-bond acceptors (Lipinski definition) is 4. The van der Waals surface area contributed by atoms with Gasteiger partial charge >= 0.3 is 0 Å². The van der Waals surface area contributed by atoms with Crippen LogP contribution in [0.1, 0.15) is 26.3 Å². The Morgan fingerprint density at radius 3 is 2.62 bits per heavy atom. The molecule has 0 aliphatic carbocycles. The molecular weight excluding hydrogens is 312 g/mol. The average molecular weight is 335 g/mol. The summed E-state index contributed by atoms with van der Waals surface area (Å²) in [6.45, 7) is 7.81. The lowest BCUT2D eigenvalue weighted by molar-refractivity contribution is 0.0834. The molecule has 0 radical (unpaired) electrons. The van der Waals surface area contributed by atoms with Crippen molar-refractivity contribution in [1.82, 2.24) is 10.0 Å². The van der Waals surface area contributed by atoms with Crippen molar-refractivity contribution < 1.29 is 13.2 Å². The lowest BCUT2D eigenvalue weighted by atomic mass is 10.2. The van der Waals surface area contributed by atoms with E-state index in [1.165, 1.54) is 6.07 Å². The monoisotopic (exact) mass is 334 g/mol. The number of nitrogens with one attached hydrogen (secondary N) is 2. The van der Waals surface area contributed by atoms with E-state index in [1.54, 1.807) is 12.1 Å². The van der Waals surface area contributed by atoms with Gasteiger partial charge in [0.1, 0.15) is 0 Å². The molecule has 0 aliphatic rings. The van der Waals surface area contributed by atoms with Crippen LogP contribution in [-0.4, -0.2) is 34.2 Å². The third kappa shape index (κ3) is 6.32. The van der Waals surface area contributed by atoms with E-state index in [-0.39, 0.29) is 17.5 Å². The van der Waals surface area contributed by atoms with E-state index in [2.05, 4.69) is 10.0 Å².